The Kier molecular flexibility index (Phi) is 5.89. The molecule has 0 saturated heterocycles. The Labute approximate surface area is 166 Å². The predicted octanol–water partition coefficient (Wildman–Crippen LogP) is 2.36. The molecule has 9 heteroatoms. The van der Waals surface area contributed by atoms with Crippen LogP contribution in [0.2, 0.25) is 5.02 Å². The van der Waals surface area contributed by atoms with Crippen molar-refractivity contribution in [2.45, 2.75) is 33.2 Å². The maximum absolute atomic E-state index is 12.0. The highest BCUT2D eigenvalue weighted by Gasteiger charge is 2.15. The molecule has 146 valence electrons. The Morgan fingerprint density at radius 1 is 1.21 bits per heavy atom. The number of aromatic nitrogens is 4. The highest BCUT2D eigenvalue weighted by atomic mass is 35.5. The number of fused-ring (bicyclic) bond motifs is 1. The number of rotatable bonds is 6. The van der Waals surface area contributed by atoms with Gasteiger partial charge in [0.05, 0.1) is 6.04 Å². The van der Waals surface area contributed by atoms with Crippen LogP contribution in [0.1, 0.15) is 35.7 Å². The first kappa shape index (κ1) is 19.8. The lowest BCUT2D eigenvalue weighted by atomic mass is 10.1. The molecule has 1 N–H and O–H groups in total. The molecule has 8 nitrogen and oxygen atoms in total. The van der Waals surface area contributed by atoms with Gasteiger partial charge in [0.2, 0.25) is 0 Å². The molecule has 0 aliphatic heterocycles. The molecule has 0 spiro atoms. The lowest BCUT2D eigenvalue weighted by Crippen LogP contribution is -2.31. The molecule has 1 aromatic carbocycles. The molecule has 3 aromatic rings. The largest absolute Gasteiger partial charge is 0.455 e. The molecule has 28 heavy (non-hydrogen) atoms. The number of benzene rings is 1. The molecular weight excluding hydrogens is 382 g/mol. The van der Waals surface area contributed by atoms with Crippen LogP contribution in [-0.2, 0) is 20.7 Å². The number of hydrogen-bond acceptors (Lipinski definition) is 6. The highest BCUT2D eigenvalue weighted by molar-refractivity contribution is 6.30. The summed E-state index contributed by atoms with van der Waals surface area (Å²) >= 11 is 5.85. The van der Waals surface area contributed by atoms with Crippen LogP contribution in [-0.4, -0.2) is 38.1 Å². The summed E-state index contributed by atoms with van der Waals surface area (Å²) in [6, 6.07) is 8.79. The van der Waals surface area contributed by atoms with Gasteiger partial charge in [-0.1, -0.05) is 23.7 Å². The third-order valence-electron chi connectivity index (χ3n) is 4.08. The first-order valence-corrected chi connectivity index (χ1v) is 9.10. The van der Waals surface area contributed by atoms with Crippen LogP contribution in [0.4, 0.5) is 0 Å². The monoisotopic (exact) mass is 401 g/mol. The van der Waals surface area contributed by atoms with Gasteiger partial charge in [-0.05, 0) is 44.5 Å². The zero-order valence-corrected chi connectivity index (χ0v) is 16.5. The average Bonchev–Trinajstić information content (AvgIpc) is 3.03. The fraction of sp³-hybridized carbons (Fsp3) is 0.316. The summed E-state index contributed by atoms with van der Waals surface area (Å²) < 4.78 is 6.60. The third kappa shape index (κ3) is 4.83. The smallest absolute Gasteiger partial charge is 0.314 e. The van der Waals surface area contributed by atoms with Gasteiger partial charge in [-0.3, -0.25) is 9.59 Å². The van der Waals surface area contributed by atoms with Gasteiger partial charge in [0.1, 0.15) is 6.42 Å². The molecule has 0 radical (unpaired) electrons. The number of esters is 1. The number of carbonyl (C=O) groups excluding carboxylic acids is 2. The zero-order chi connectivity index (χ0) is 20.3. The molecule has 0 aliphatic rings. The van der Waals surface area contributed by atoms with Crippen LogP contribution >= 0.6 is 11.6 Å². The molecule has 1 unspecified atom stereocenters. The van der Waals surface area contributed by atoms with E-state index in [0.29, 0.717) is 16.6 Å². The standard InChI is InChI=1S/C19H20ClN5O3/c1-11-8-12(2)25-19(21-11)23-16(24-25)9-18(27)28-10-17(26)22-13(3)14-4-6-15(20)7-5-14/h4-8,13H,9-10H2,1-3H3,(H,22,26). The first-order chi connectivity index (χ1) is 13.3. The van der Waals surface area contributed by atoms with Gasteiger partial charge >= 0.3 is 5.97 Å². The fourth-order valence-corrected chi connectivity index (χ4v) is 2.85. The summed E-state index contributed by atoms with van der Waals surface area (Å²) in [6.45, 7) is 5.20. The Balaban J connectivity index is 1.52. The van der Waals surface area contributed by atoms with Crippen LogP contribution in [0, 0.1) is 13.8 Å². The van der Waals surface area contributed by atoms with Crippen molar-refractivity contribution < 1.29 is 14.3 Å². The van der Waals surface area contributed by atoms with E-state index in [1.807, 2.05) is 39.0 Å². The van der Waals surface area contributed by atoms with Crippen LogP contribution in [0.15, 0.2) is 30.3 Å². The van der Waals surface area contributed by atoms with Crippen molar-refractivity contribution >= 4 is 29.3 Å². The van der Waals surface area contributed by atoms with Crippen molar-refractivity contribution in [3.8, 4) is 0 Å². The van der Waals surface area contributed by atoms with Crippen LogP contribution in [0.5, 0.6) is 0 Å². The first-order valence-electron chi connectivity index (χ1n) is 8.72. The highest BCUT2D eigenvalue weighted by Crippen LogP contribution is 2.15. The van der Waals surface area contributed by atoms with Crippen LogP contribution in [0.3, 0.4) is 0 Å². The Hall–Kier alpha value is -3.00. The van der Waals surface area contributed by atoms with E-state index < -0.39 is 11.9 Å². The second-order valence-electron chi connectivity index (χ2n) is 6.46. The maximum atomic E-state index is 12.0. The summed E-state index contributed by atoms with van der Waals surface area (Å²) in [7, 11) is 0. The lowest BCUT2D eigenvalue weighted by Gasteiger charge is -2.14. The Morgan fingerprint density at radius 2 is 1.93 bits per heavy atom. The van der Waals surface area contributed by atoms with Crippen LogP contribution in [0.25, 0.3) is 5.78 Å². The number of amides is 1. The number of aryl methyl sites for hydroxylation is 2. The van der Waals surface area contributed by atoms with E-state index in [1.165, 1.54) is 0 Å². The second-order valence-corrected chi connectivity index (χ2v) is 6.89. The number of hydrogen-bond donors (Lipinski definition) is 1. The van der Waals surface area contributed by atoms with Crippen molar-refractivity contribution in [1.82, 2.24) is 24.9 Å². The second kappa shape index (κ2) is 8.35. The fourth-order valence-electron chi connectivity index (χ4n) is 2.73. The SMILES string of the molecule is Cc1cc(C)n2nc(CC(=O)OCC(=O)NC(C)c3ccc(Cl)cc3)nc2n1. The van der Waals surface area contributed by atoms with Crippen molar-refractivity contribution in [2.24, 2.45) is 0 Å². The molecule has 1 amide bonds. The van der Waals surface area contributed by atoms with E-state index in [9.17, 15) is 9.59 Å². The molecule has 2 heterocycles. The minimum Gasteiger partial charge on any atom is -0.455 e. The number of nitrogens with zero attached hydrogens (tertiary/aromatic N) is 4. The van der Waals surface area contributed by atoms with Gasteiger partial charge in [-0.25, -0.2) is 9.50 Å². The summed E-state index contributed by atoms with van der Waals surface area (Å²) in [4.78, 5) is 32.5. The van der Waals surface area contributed by atoms with Gasteiger partial charge in [-0.2, -0.15) is 4.98 Å². The summed E-state index contributed by atoms with van der Waals surface area (Å²) in [5.74, 6) is -0.262. The molecular formula is C19H20ClN5O3. The molecule has 0 fully saturated rings. The van der Waals surface area contributed by atoms with Crippen molar-refractivity contribution in [2.75, 3.05) is 6.61 Å². The summed E-state index contributed by atoms with van der Waals surface area (Å²) in [5.41, 5.74) is 2.58. The Morgan fingerprint density at radius 3 is 2.64 bits per heavy atom. The molecule has 2 aromatic heterocycles. The zero-order valence-electron chi connectivity index (χ0n) is 15.8. The molecule has 1 atom stereocenters. The Bertz CT molecular complexity index is 1020. The van der Waals surface area contributed by atoms with Crippen molar-refractivity contribution in [3.05, 3.63) is 58.1 Å². The van der Waals surface area contributed by atoms with Gasteiger partial charge in [0, 0.05) is 16.4 Å². The molecule has 0 bridgehead atoms. The number of halogens is 1. The van der Waals surface area contributed by atoms with E-state index in [0.717, 1.165) is 17.0 Å². The van der Waals surface area contributed by atoms with E-state index in [1.54, 1.807) is 16.6 Å². The van der Waals surface area contributed by atoms with Crippen molar-refractivity contribution in [3.63, 3.8) is 0 Å². The third-order valence-corrected chi connectivity index (χ3v) is 4.33. The number of ether oxygens (including phenoxy) is 1. The van der Waals surface area contributed by atoms with Crippen molar-refractivity contribution in [1.29, 1.82) is 0 Å². The maximum Gasteiger partial charge on any atom is 0.314 e. The average molecular weight is 402 g/mol. The van der Waals surface area contributed by atoms with E-state index in [-0.39, 0.29) is 19.1 Å². The minimum absolute atomic E-state index is 0.137. The minimum atomic E-state index is -0.584. The molecule has 3 rings (SSSR count). The quantitative estimate of drug-likeness (QED) is 0.636. The number of carbonyl (C=O) groups is 2. The summed E-state index contributed by atoms with van der Waals surface area (Å²) in [5, 5.41) is 7.63. The predicted molar refractivity (Wildman–Crippen MR) is 103 cm³/mol. The normalized spacial score (nSPS) is 12.0. The number of nitrogens with one attached hydrogen (secondary N) is 1. The van der Waals surface area contributed by atoms with Gasteiger partial charge in [0.15, 0.2) is 12.4 Å². The van der Waals surface area contributed by atoms with E-state index >= 15 is 0 Å². The van der Waals surface area contributed by atoms with Gasteiger partial charge in [0.25, 0.3) is 11.7 Å². The molecule has 0 saturated carbocycles. The van der Waals surface area contributed by atoms with Gasteiger partial charge in [-0.15, -0.1) is 5.10 Å². The topological polar surface area (TPSA) is 98.5 Å². The van der Waals surface area contributed by atoms with Crippen LogP contribution < -0.4 is 5.32 Å². The lowest BCUT2D eigenvalue weighted by molar-refractivity contribution is -0.148. The van der Waals surface area contributed by atoms with E-state index in [2.05, 4.69) is 20.4 Å². The van der Waals surface area contributed by atoms with Gasteiger partial charge < -0.3 is 10.1 Å². The van der Waals surface area contributed by atoms with E-state index in [4.69, 9.17) is 16.3 Å². The summed E-state index contributed by atoms with van der Waals surface area (Å²) in [6.07, 6.45) is -0.137. The molecule has 0 aliphatic carbocycles.